The van der Waals surface area contributed by atoms with Crippen molar-refractivity contribution in [2.24, 2.45) is 0 Å². The molecule has 1 amide bonds. The molecule has 0 aliphatic carbocycles. The first-order chi connectivity index (χ1) is 10.8. The average molecular weight is 308 g/mol. The van der Waals surface area contributed by atoms with Crippen molar-refractivity contribution in [1.29, 1.82) is 0 Å². The molecule has 1 N–H and O–H groups in total. The van der Waals surface area contributed by atoms with Crippen molar-refractivity contribution >= 4 is 28.5 Å². The summed E-state index contributed by atoms with van der Waals surface area (Å²) >= 11 is 1.32. The molecule has 2 aromatic heterocycles. The molecule has 0 fully saturated rings. The van der Waals surface area contributed by atoms with E-state index in [1.165, 1.54) is 17.4 Å². The van der Waals surface area contributed by atoms with Gasteiger partial charge in [0.05, 0.1) is 0 Å². The van der Waals surface area contributed by atoms with Gasteiger partial charge in [-0.2, -0.15) is 0 Å². The molecule has 0 spiro atoms. The Balaban J connectivity index is 1.65. The van der Waals surface area contributed by atoms with E-state index >= 15 is 0 Å². The Labute approximate surface area is 131 Å². The first-order valence-corrected chi connectivity index (χ1v) is 7.41. The maximum Gasteiger partial charge on any atom is 0.250 e. The van der Waals surface area contributed by atoms with Crippen molar-refractivity contribution in [2.45, 2.75) is 0 Å². The van der Waals surface area contributed by atoms with Crippen LogP contribution < -0.4 is 5.32 Å². The smallest absolute Gasteiger partial charge is 0.250 e. The molecule has 2 heterocycles. The first kappa shape index (κ1) is 14.1. The zero-order valence-electron chi connectivity index (χ0n) is 11.5. The molecule has 1 aromatic carbocycles. The van der Waals surface area contributed by atoms with Crippen LogP contribution in [-0.2, 0) is 4.79 Å². The van der Waals surface area contributed by atoms with Gasteiger partial charge in [0.2, 0.25) is 11.0 Å². The van der Waals surface area contributed by atoms with Crippen molar-refractivity contribution in [3.05, 3.63) is 66.5 Å². The predicted molar refractivity (Wildman–Crippen MR) is 87.2 cm³/mol. The van der Waals surface area contributed by atoms with Crippen LogP contribution in [0.15, 0.2) is 60.9 Å². The van der Waals surface area contributed by atoms with Crippen molar-refractivity contribution in [3.8, 4) is 10.6 Å². The molecule has 108 valence electrons. The van der Waals surface area contributed by atoms with Crippen LogP contribution in [0, 0.1) is 0 Å². The number of pyridine rings is 1. The Kier molecular flexibility index (Phi) is 4.31. The highest BCUT2D eigenvalue weighted by atomic mass is 32.1. The standard InChI is InChI=1S/C16H12N4OS/c21-14(7-6-12-4-2-1-3-5-12)18-16-20-19-15(22-16)13-8-10-17-11-9-13/h1-11H,(H,18,20,21)/b7-6-. The van der Waals surface area contributed by atoms with Crippen LogP contribution >= 0.6 is 11.3 Å². The van der Waals surface area contributed by atoms with E-state index in [9.17, 15) is 4.79 Å². The monoisotopic (exact) mass is 308 g/mol. The fourth-order valence-corrected chi connectivity index (χ4v) is 2.52. The van der Waals surface area contributed by atoms with Crippen molar-refractivity contribution < 1.29 is 4.79 Å². The number of carbonyl (C=O) groups is 1. The first-order valence-electron chi connectivity index (χ1n) is 6.59. The van der Waals surface area contributed by atoms with E-state index in [0.717, 1.165) is 16.1 Å². The molecular formula is C16H12N4OS. The number of anilines is 1. The number of benzene rings is 1. The highest BCUT2D eigenvalue weighted by Gasteiger charge is 2.07. The van der Waals surface area contributed by atoms with Crippen LogP contribution in [0.5, 0.6) is 0 Å². The van der Waals surface area contributed by atoms with Crippen LogP contribution in [-0.4, -0.2) is 21.1 Å². The summed E-state index contributed by atoms with van der Waals surface area (Å²) in [6.45, 7) is 0. The average Bonchev–Trinajstić information content (AvgIpc) is 3.03. The summed E-state index contributed by atoms with van der Waals surface area (Å²) in [5, 5.41) is 11.9. The van der Waals surface area contributed by atoms with Gasteiger partial charge in [0.1, 0.15) is 5.01 Å². The molecular weight excluding hydrogens is 296 g/mol. The molecule has 5 nitrogen and oxygen atoms in total. The summed E-state index contributed by atoms with van der Waals surface area (Å²) < 4.78 is 0. The van der Waals surface area contributed by atoms with E-state index in [1.54, 1.807) is 18.5 Å². The van der Waals surface area contributed by atoms with Crippen LogP contribution in [0.1, 0.15) is 5.56 Å². The lowest BCUT2D eigenvalue weighted by Crippen LogP contribution is -2.07. The fourth-order valence-electron chi connectivity index (χ4n) is 1.77. The number of amides is 1. The van der Waals surface area contributed by atoms with E-state index in [0.29, 0.717) is 5.13 Å². The lowest BCUT2D eigenvalue weighted by molar-refractivity contribution is -0.111. The van der Waals surface area contributed by atoms with Crippen molar-refractivity contribution in [2.75, 3.05) is 5.32 Å². The number of nitrogens with zero attached hydrogens (tertiary/aromatic N) is 3. The van der Waals surface area contributed by atoms with Crippen molar-refractivity contribution in [3.63, 3.8) is 0 Å². The second kappa shape index (κ2) is 6.73. The van der Waals surface area contributed by atoms with Gasteiger partial charge in [-0.1, -0.05) is 41.7 Å². The molecule has 3 rings (SSSR count). The second-order valence-electron chi connectivity index (χ2n) is 4.38. The number of aromatic nitrogens is 3. The van der Waals surface area contributed by atoms with Crippen LogP contribution in [0.3, 0.4) is 0 Å². The Bertz CT molecular complexity index is 784. The molecule has 0 aliphatic heterocycles. The minimum Gasteiger partial charge on any atom is -0.297 e. The maximum absolute atomic E-state index is 11.9. The number of hydrogen-bond donors (Lipinski definition) is 1. The molecule has 0 radical (unpaired) electrons. The van der Waals surface area contributed by atoms with Gasteiger partial charge in [-0.25, -0.2) is 0 Å². The summed E-state index contributed by atoms with van der Waals surface area (Å²) in [5.74, 6) is -0.235. The van der Waals surface area contributed by atoms with Gasteiger partial charge in [-0.3, -0.25) is 15.1 Å². The van der Waals surface area contributed by atoms with Gasteiger partial charge >= 0.3 is 0 Å². The summed E-state index contributed by atoms with van der Waals surface area (Å²) in [4.78, 5) is 15.8. The minimum atomic E-state index is -0.235. The minimum absolute atomic E-state index is 0.235. The largest absolute Gasteiger partial charge is 0.297 e. The van der Waals surface area contributed by atoms with Crippen LogP contribution in [0.4, 0.5) is 5.13 Å². The van der Waals surface area contributed by atoms with Gasteiger partial charge < -0.3 is 0 Å². The van der Waals surface area contributed by atoms with E-state index in [1.807, 2.05) is 42.5 Å². The lowest BCUT2D eigenvalue weighted by atomic mass is 10.2. The van der Waals surface area contributed by atoms with Crippen LogP contribution in [0.25, 0.3) is 16.6 Å². The highest BCUT2D eigenvalue weighted by molar-refractivity contribution is 7.18. The third kappa shape index (κ3) is 3.62. The Morgan fingerprint density at radius 1 is 1.05 bits per heavy atom. The number of hydrogen-bond acceptors (Lipinski definition) is 5. The zero-order chi connectivity index (χ0) is 15.2. The van der Waals surface area contributed by atoms with Crippen LogP contribution in [0.2, 0.25) is 0 Å². The molecule has 0 saturated carbocycles. The number of carbonyl (C=O) groups excluding carboxylic acids is 1. The second-order valence-corrected chi connectivity index (χ2v) is 5.36. The van der Waals surface area contributed by atoms with Gasteiger partial charge in [-0.15, -0.1) is 10.2 Å². The van der Waals surface area contributed by atoms with Gasteiger partial charge in [0, 0.05) is 24.0 Å². The fraction of sp³-hybridized carbons (Fsp3) is 0. The molecule has 0 bridgehead atoms. The Morgan fingerprint density at radius 2 is 1.82 bits per heavy atom. The topological polar surface area (TPSA) is 67.8 Å². The molecule has 22 heavy (non-hydrogen) atoms. The summed E-state index contributed by atoms with van der Waals surface area (Å²) in [6, 6.07) is 13.3. The van der Waals surface area contributed by atoms with E-state index in [4.69, 9.17) is 0 Å². The Hall–Kier alpha value is -2.86. The lowest BCUT2D eigenvalue weighted by Gasteiger charge is -1.95. The SMILES string of the molecule is O=C(/C=C\c1ccccc1)Nc1nnc(-c2ccncc2)s1. The van der Waals surface area contributed by atoms with Crippen molar-refractivity contribution in [1.82, 2.24) is 15.2 Å². The molecule has 3 aromatic rings. The molecule has 0 unspecified atom stereocenters. The summed E-state index contributed by atoms with van der Waals surface area (Å²) in [5.41, 5.74) is 1.89. The summed E-state index contributed by atoms with van der Waals surface area (Å²) in [7, 11) is 0. The van der Waals surface area contributed by atoms with Gasteiger partial charge in [-0.05, 0) is 23.8 Å². The molecule has 0 saturated heterocycles. The molecule has 0 aliphatic rings. The molecule has 6 heteroatoms. The summed E-state index contributed by atoms with van der Waals surface area (Å²) in [6.07, 6.45) is 6.61. The zero-order valence-corrected chi connectivity index (χ0v) is 12.3. The van der Waals surface area contributed by atoms with E-state index in [-0.39, 0.29) is 5.91 Å². The third-order valence-corrected chi connectivity index (χ3v) is 3.70. The van der Waals surface area contributed by atoms with Gasteiger partial charge in [0.15, 0.2) is 0 Å². The third-order valence-electron chi connectivity index (χ3n) is 2.81. The quantitative estimate of drug-likeness (QED) is 0.751. The van der Waals surface area contributed by atoms with E-state index in [2.05, 4.69) is 20.5 Å². The predicted octanol–water partition coefficient (Wildman–Crippen LogP) is 3.25. The van der Waals surface area contributed by atoms with E-state index < -0.39 is 0 Å². The Morgan fingerprint density at radius 3 is 2.59 bits per heavy atom. The highest BCUT2D eigenvalue weighted by Crippen LogP contribution is 2.25. The molecule has 0 atom stereocenters. The van der Waals surface area contributed by atoms with Gasteiger partial charge in [0.25, 0.3) is 0 Å². The number of nitrogens with one attached hydrogen (secondary N) is 1. The maximum atomic E-state index is 11.9. The normalized spacial score (nSPS) is 10.7. The number of rotatable bonds is 4.